The minimum absolute atomic E-state index is 0.120. The highest BCUT2D eigenvalue weighted by Gasteiger charge is 2.05. The van der Waals surface area contributed by atoms with Gasteiger partial charge in [-0.25, -0.2) is 4.98 Å². The lowest BCUT2D eigenvalue weighted by Crippen LogP contribution is -2.11. The second kappa shape index (κ2) is 4.02. The zero-order valence-electron chi connectivity index (χ0n) is 7.31. The van der Waals surface area contributed by atoms with Gasteiger partial charge in [0, 0.05) is 11.6 Å². The monoisotopic (exact) mass is 204 g/mol. The number of carbonyl (C=O) groups is 1. The van der Waals surface area contributed by atoms with Crippen LogP contribution < -0.4 is 5.32 Å². The second-order valence-electron chi connectivity index (χ2n) is 2.68. The van der Waals surface area contributed by atoms with Gasteiger partial charge in [0.15, 0.2) is 0 Å². The second-order valence-corrected chi connectivity index (χ2v) is 3.46. The lowest BCUT2D eigenvalue weighted by Gasteiger charge is -2.00. The molecule has 1 amide bonds. The summed E-state index contributed by atoms with van der Waals surface area (Å²) in [6, 6.07) is 7.17. The number of thiophene rings is 1. The van der Waals surface area contributed by atoms with Gasteiger partial charge in [0.05, 0.1) is 5.56 Å². The molecular formula is C10H8N2OS. The van der Waals surface area contributed by atoms with E-state index >= 15 is 0 Å². The Morgan fingerprint density at radius 1 is 1.36 bits per heavy atom. The van der Waals surface area contributed by atoms with Gasteiger partial charge in [-0.2, -0.15) is 11.3 Å². The predicted molar refractivity (Wildman–Crippen MR) is 56.5 cm³/mol. The number of nitrogens with one attached hydrogen (secondary N) is 1. The summed E-state index contributed by atoms with van der Waals surface area (Å²) < 4.78 is 0. The van der Waals surface area contributed by atoms with E-state index < -0.39 is 0 Å². The molecule has 2 aromatic heterocycles. The van der Waals surface area contributed by atoms with Gasteiger partial charge in [-0.15, -0.1) is 0 Å². The number of hydrogen-bond donors (Lipinski definition) is 1. The number of amides is 1. The summed E-state index contributed by atoms with van der Waals surface area (Å²) in [5.41, 5.74) is 0.667. The van der Waals surface area contributed by atoms with E-state index in [0.717, 1.165) is 0 Å². The average molecular weight is 204 g/mol. The van der Waals surface area contributed by atoms with Crippen molar-refractivity contribution in [2.24, 2.45) is 0 Å². The Kier molecular flexibility index (Phi) is 2.55. The molecule has 1 N–H and O–H groups in total. The summed E-state index contributed by atoms with van der Waals surface area (Å²) in [5, 5.41) is 6.37. The van der Waals surface area contributed by atoms with Crippen LogP contribution in [0.15, 0.2) is 41.2 Å². The van der Waals surface area contributed by atoms with E-state index in [-0.39, 0.29) is 5.91 Å². The summed E-state index contributed by atoms with van der Waals surface area (Å²) in [4.78, 5) is 15.5. The molecule has 0 spiro atoms. The first-order valence-corrected chi connectivity index (χ1v) is 5.05. The molecule has 0 aliphatic rings. The fraction of sp³-hybridized carbons (Fsp3) is 0. The summed E-state index contributed by atoms with van der Waals surface area (Å²) in [6.07, 6.45) is 1.64. The highest BCUT2D eigenvalue weighted by molar-refractivity contribution is 7.08. The molecule has 2 aromatic rings. The van der Waals surface area contributed by atoms with Crippen molar-refractivity contribution in [1.82, 2.24) is 4.98 Å². The van der Waals surface area contributed by atoms with Crippen molar-refractivity contribution in [3.63, 3.8) is 0 Å². The fourth-order valence-corrected chi connectivity index (χ4v) is 1.65. The van der Waals surface area contributed by atoms with E-state index in [1.807, 2.05) is 11.4 Å². The van der Waals surface area contributed by atoms with Gasteiger partial charge < -0.3 is 5.32 Å². The first-order chi connectivity index (χ1) is 6.86. The molecule has 0 saturated carbocycles. The van der Waals surface area contributed by atoms with Crippen LogP contribution >= 0.6 is 11.3 Å². The smallest absolute Gasteiger partial charge is 0.257 e. The van der Waals surface area contributed by atoms with Crippen LogP contribution in [-0.2, 0) is 0 Å². The van der Waals surface area contributed by atoms with E-state index in [1.165, 1.54) is 11.3 Å². The molecule has 0 aromatic carbocycles. The number of pyridine rings is 1. The maximum Gasteiger partial charge on any atom is 0.257 e. The quantitative estimate of drug-likeness (QED) is 0.816. The Morgan fingerprint density at radius 3 is 2.93 bits per heavy atom. The normalized spacial score (nSPS) is 9.71. The molecule has 0 atom stereocenters. The number of aromatic nitrogens is 1. The Labute approximate surface area is 85.4 Å². The van der Waals surface area contributed by atoms with Crippen molar-refractivity contribution in [2.45, 2.75) is 0 Å². The lowest BCUT2D eigenvalue weighted by molar-refractivity contribution is 0.102. The fourth-order valence-electron chi connectivity index (χ4n) is 1.02. The number of anilines is 1. The summed E-state index contributed by atoms with van der Waals surface area (Å²) in [7, 11) is 0. The van der Waals surface area contributed by atoms with Crippen molar-refractivity contribution in [2.75, 3.05) is 5.32 Å². The molecule has 0 aliphatic carbocycles. The molecule has 0 radical (unpaired) electrons. The van der Waals surface area contributed by atoms with Crippen LogP contribution in [0.4, 0.5) is 5.82 Å². The molecule has 0 saturated heterocycles. The Morgan fingerprint density at radius 2 is 2.29 bits per heavy atom. The third kappa shape index (κ3) is 1.97. The summed E-state index contributed by atoms with van der Waals surface area (Å²) >= 11 is 1.50. The van der Waals surface area contributed by atoms with Crippen LogP contribution in [-0.4, -0.2) is 10.9 Å². The molecule has 0 aliphatic heterocycles. The third-order valence-corrected chi connectivity index (χ3v) is 2.37. The van der Waals surface area contributed by atoms with Crippen molar-refractivity contribution in [3.8, 4) is 0 Å². The highest BCUT2D eigenvalue weighted by Crippen LogP contribution is 2.08. The molecule has 2 rings (SSSR count). The maximum absolute atomic E-state index is 11.5. The van der Waals surface area contributed by atoms with E-state index in [4.69, 9.17) is 0 Å². The van der Waals surface area contributed by atoms with Gasteiger partial charge in [-0.1, -0.05) is 6.07 Å². The Bertz CT molecular complexity index is 411. The molecule has 0 unspecified atom stereocenters. The molecule has 14 heavy (non-hydrogen) atoms. The molecule has 2 heterocycles. The summed E-state index contributed by atoms with van der Waals surface area (Å²) in [5.74, 6) is 0.452. The molecular weight excluding hydrogens is 196 g/mol. The third-order valence-electron chi connectivity index (χ3n) is 1.69. The molecule has 0 fully saturated rings. The maximum atomic E-state index is 11.5. The van der Waals surface area contributed by atoms with Crippen molar-refractivity contribution in [3.05, 3.63) is 46.8 Å². The summed E-state index contributed by atoms with van der Waals surface area (Å²) in [6.45, 7) is 0. The van der Waals surface area contributed by atoms with Gasteiger partial charge in [-0.3, -0.25) is 4.79 Å². The Hall–Kier alpha value is -1.68. The number of nitrogens with zero attached hydrogens (tertiary/aromatic N) is 1. The largest absolute Gasteiger partial charge is 0.307 e. The predicted octanol–water partition coefficient (Wildman–Crippen LogP) is 2.40. The van der Waals surface area contributed by atoms with Crippen LogP contribution in [0.1, 0.15) is 10.4 Å². The molecule has 4 heteroatoms. The van der Waals surface area contributed by atoms with E-state index in [9.17, 15) is 4.79 Å². The van der Waals surface area contributed by atoms with Gasteiger partial charge >= 0.3 is 0 Å². The zero-order valence-corrected chi connectivity index (χ0v) is 8.12. The van der Waals surface area contributed by atoms with Crippen LogP contribution in [0.25, 0.3) is 0 Å². The Balaban J connectivity index is 2.10. The first kappa shape index (κ1) is 8.90. The lowest BCUT2D eigenvalue weighted by atomic mass is 10.3. The SMILES string of the molecule is O=C(Nc1ccccn1)c1ccsc1. The van der Waals surface area contributed by atoms with Crippen LogP contribution in [0, 0.1) is 0 Å². The number of carbonyl (C=O) groups excluding carboxylic acids is 1. The van der Waals surface area contributed by atoms with Crippen molar-refractivity contribution < 1.29 is 4.79 Å². The minimum atomic E-state index is -0.120. The van der Waals surface area contributed by atoms with Crippen molar-refractivity contribution >= 4 is 23.1 Å². The highest BCUT2D eigenvalue weighted by atomic mass is 32.1. The van der Waals surface area contributed by atoms with E-state index in [2.05, 4.69) is 10.3 Å². The minimum Gasteiger partial charge on any atom is -0.307 e. The van der Waals surface area contributed by atoms with Crippen LogP contribution in [0.2, 0.25) is 0 Å². The van der Waals surface area contributed by atoms with Crippen LogP contribution in [0.3, 0.4) is 0 Å². The average Bonchev–Trinajstić information content (AvgIpc) is 2.72. The van der Waals surface area contributed by atoms with Crippen LogP contribution in [0.5, 0.6) is 0 Å². The molecule has 0 bridgehead atoms. The standard InChI is InChI=1S/C10H8N2OS/c13-10(8-4-6-14-7-8)12-9-3-1-2-5-11-9/h1-7H,(H,11,12,13). The van der Waals surface area contributed by atoms with E-state index in [1.54, 1.807) is 29.8 Å². The zero-order chi connectivity index (χ0) is 9.80. The van der Waals surface area contributed by atoms with Crippen molar-refractivity contribution in [1.29, 1.82) is 0 Å². The number of rotatable bonds is 2. The van der Waals surface area contributed by atoms with E-state index in [0.29, 0.717) is 11.4 Å². The topological polar surface area (TPSA) is 42.0 Å². The van der Waals surface area contributed by atoms with Gasteiger partial charge in [0.25, 0.3) is 5.91 Å². The molecule has 70 valence electrons. The van der Waals surface area contributed by atoms with Gasteiger partial charge in [0.2, 0.25) is 0 Å². The molecule has 3 nitrogen and oxygen atoms in total. The first-order valence-electron chi connectivity index (χ1n) is 4.11. The van der Waals surface area contributed by atoms with Gasteiger partial charge in [-0.05, 0) is 23.6 Å². The van der Waals surface area contributed by atoms with Gasteiger partial charge in [0.1, 0.15) is 5.82 Å². The number of hydrogen-bond acceptors (Lipinski definition) is 3.